The maximum Gasteiger partial charge on any atom is 0.0380 e. The van der Waals surface area contributed by atoms with Gasteiger partial charge < -0.3 is 5.32 Å². The van der Waals surface area contributed by atoms with Crippen molar-refractivity contribution < 1.29 is 0 Å². The van der Waals surface area contributed by atoms with E-state index in [0.717, 1.165) is 17.4 Å². The molecular formula is C16H17BrClN. The number of hydrogen-bond donors (Lipinski definition) is 1. The molecule has 1 nitrogen and oxygen atoms in total. The minimum Gasteiger partial charge on any atom is -0.308 e. The van der Waals surface area contributed by atoms with Gasteiger partial charge >= 0.3 is 0 Å². The molecule has 2 aromatic rings. The molecule has 0 bridgehead atoms. The molecule has 0 aromatic heterocycles. The zero-order valence-corrected chi connectivity index (χ0v) is 13.0. The maximum atomic E-state index is 6.04. The van der Waals surface area contributed by atoms with Crippen LogP contribution in [0.3, 0.4) is 0 Å². The van der Waals surface area contributed by atoms with Crippen LogP contribution in [-0.4, -0.2) is 11.9 Å². The van der Waals surface area contributed by atoms with Gasteiger partial charge in [-0.25, -0.2) is 0 Å². The number of alkyl halides is 1. The van der Waals surface area contributed by atoms with Crippen LogP contribution in [0.1, 0.15) is 11.1 Å². The monoisotopic (exact) mass is 337 g/mol. The minimum atomic E-state index is 0.294. The van der Waals surface area contributed by atoms with Gasteiger partial charge in [-0.15, -0.1) is 11.6 Å². The van der Waals surface area contributed by atoms with Crippen molar-refractivity contribution in [2.75, 3.05) is 5.88 Å². The summed E-state index contributed by atoms with van der Waals surface area (Å²) in [6, 6.07) is 19.1. The molecule has 1 unspecified atom stereocenters. The molecule has 0 aliphatic rings. The minimum absolute atomic E-state index is 0.294. The van der Waals surface area contributed by atoms with Gasteiger partial charge in [0.15, 0.2) is 0 Å². The summed E-state index contributed by atoms with van der Waals surface area (Å²) in [4.78, 5) is 0. The Morgan fingerprint density at radius 1 is 1.00 bits per heavy atom. The van der Waals surface area contributed by atoms with Crippen molar-refractivity contribution in [2.24, 2.45) is 0 Å². The first-order valence-corrected chi connectivity index (χ1v) is 7.68. The van der Waals surface area contributed by atoms with Gasteiger partial charge in [-0.3, -0.25) is 0 Å². The number of rotatable bonds is 6. The van der Waals surface area contributed by atoms with E-state index >= 15 is 0 Å². The quantitative estimate of drug-likeness (QED) is 0.770. The lowest BCUT2D eigenvalue weighted by atomic mass is 10.1. The van der Waals surface area contributed by atoms with Gasteiger partial charge in [0.1, 0.15) is 0 Å². The van der Waals surface area contributed by atoms with Crippen LogP contribution in [0.15, 0.2) is 59.1 Å². The van der Waals surface area contributed by atoms with Gasteiger partial charge in [0.25, 0.3) is 0 Å². The lowest BCUT2D eigenvalue weighted by molar-refractivity contribution is 0.550. The summed E-state index contributed by atoms with van der Waals surface area (Å²) in [6.07, 6.45) is 0.957. The predicted octanol–water partition coefficient (Wildman–Crippen LogP) is 4.39. The molecule has 19 heavy (non-hydrogen) atoms. The standard InChI is InChI=1S/C16H17BrClN/c17-15-8-4-7-14(9-15)12-19-16(11-18)10-13-5-2-1-3-6-13/h1-9,16,19H,10-12H2. The fourth-order valence-electron chi connectivity index (χ4n) is 1.99. The van der Waals surface area contributed by atoms with Gasteiger partial charge in [-0.1, -0.05) is 58.4 Å². The first-order chi connectivity index (χ1) is 9.28. The van der Waals surface area contributed by atoms with E-state index in [1.54, 1.807) is 0 Å². The summed E-state index contributed by atoms with van der Waals surface area (Å²) in [5.74, 6) is 0.614. The van der Waals surface area contributed by atoms with E-state index in [9.17, 15) is 0 Å². The average molecular weight is 339 g/mol. The third-order valence-electron chi connectivity index (χ3n) is 3.00. The first-order valence-electron chi connectivity index (χ1n) is 6.35. The second kappa shape index (κ2) is 7.68. The summed E-state index contributed by atoms with van der Waals surface area (Å²) in [6.45, 7) is 0.837. The highest BCUT2D eigenvalue weighted by molar-refractivity contribution is 9.10. The fraction of sp³-hybridized carbons (Fsp3) is 0.250. The van der Waals surface area contributed by atoms with Crippen molar-refractivity contribution in [1.29, 1.82) is 0 Å². The third kappa shape index (κ3) is 4.98. The summed E-state index contributed by atoms with van der Waals surface area (Å²) in [5.41, 5.74) is 2.58. The van der Waals surface area contributed by atoms with Crippen LogP contribution in [-0.2, 0) is 13.0 Å². The second-order valence-electron chi connectivity index (χ2n) is 4.55. The lowest BCUT2D eigenvalue weighted by Gasteiger charge is -2.16. The molecule has 100 valence electrons. The highest BCUT2D eigenvalue weighted by Crippen LogP contribution is 2.12. The Balaban J connectivity index is 1.89. The topological polar surface area (TPSA) is 12.0 Å². The molecule has 0 saturated carbocycles. The van der Waals surface area contributed by atoms with Crippen LogP contribution < -0.4 is 5.32 Å². The summed E-state index contributed by atoms with van der Waals surface area (Å²) >= 11 is 9.53. The molecule has 1 N–H and O–H groups in total. The fourth-order valence-corrected chi connectivity index (χ4v) is 2.65. The zero-order valence-electron chi connectivity index (χ0n) is 10.7. The number of nitrogens with one attached hydrogen (secondary N) is 1. The summed E-state index contributed by atoms with van der Waals surface area (Å²) in [5, 5.41) is 3.51. The largest absolute Gasteiger partial charge is 0.308 e. The van der Waals surface area contributed by atoms with Crippen molar-refractivity contribution in [2.45, 2.75) is 19.0 Å². The van der Waals surface area contributed by atoms with E-state index in [1.165, 1.54) is 11.1 Å². The van der Waals surface area contributed by atoms with Gasteiger partial charge in [-0.2, -0.15) is 0 Å². The Labute approximate surface area is 128 Å². The molecular weight excluding hydrogens is 322 g/mol. The highest BCUT2D eigenvalue weighted by Gasteiger charge is 2.07. The second-order valence-corrected chi connectivity index (χ2v) is 5.78. The van der Waals surface area contributed by atoms with E-state index in [1.807, 2.05) is 18.2 Å². The van der Waals surface area contributed by atoms with Gasteiger partial charge in [0.05, 0.1) is 0 Å². The van der Waals surface area contributed by atoms with Crippen molar-refractivity contribution in [1.82, 2.24) is 5.32 Å². The number of halogens is 2. The third-order valence-corrected chi connectivity index (χ3v) is 3.86. The van der Waals surface area contributed by atoms with E-state index in [4.69, 9.17) is 11.6 Å². The lowest BCUT2D eigenvalue weighted by Crippen LogP contribution is -2.32. The summed E-state index contributed by atoms with van der Waals surface area (Å²) in [7, 11) is 0. The van der Waals surface area contributed by atoms with Crippen molar-refractivity contribution >= 4 is 27.5 Å². The Morgan fingerprint density at radius 2 is 1.74 bits per heavy atom. The Kier molecular flexibility index (Phi) is 5.90. The predicted molar refractivity (Wildman–Crippen MR) is 85.6 cm³/mol. The van der Waals surface area contributed by atoms with E-state index < -0.39 is 0 Å². The van der Waals surface area contributed by atoms with Gasteiger partial charge in [0.2, 0.25) is 0 Å². The molecule has 1 atom stereocenters. The zero-order chi connectivity index (χ0) is 13.5. The Bertz CT molecular complexity index is 501. The van der Waals surface area contributed by atoms with Crippen molar-refractivity contribution in [3.05, 3.63) is 70.2 Å². The van der Waals surface area contributed by atoms with Crippen LogP contribution in [0, 0.1) is 0 Å². The normalized spacial score (nSPS) is 12.3. The Morgan fingerprint density at radius 3 is 2.42 bits per heavy atom. The SMILES string of the molecule is ClCC(Cc1ccccc1)NCc1cccc(Br)c1. The Hall–Kier alpha value is -0.830. The first kappa shape index (κ1) is 14.6. The molecule has 0 amide bonds. The highest BCUT2D eigenvalue weighted by atomic mass is 79.9. The molecule has 0 aliphatic heterocycles. The van der Waals surface area contributed by atoms with Crippen molar-refractivity contribution in [3.8, 4) is 0 Å². The van der Waals surface area contributed by atoms with E-state index in [2.05, 4.69) is 57.6 Å². The van der Waals surface area contributed by atoms with Gasteiger partial charge in [-0.05, 0) is 29.7 Å². The van der Waals surface area contributed by atoms with Crippen LogP contribution in [0.2, 0.25) is 0 Å². The maximum absolute atomic E-state index is 6.04. The van der Waals surface area contributed by atoms with E-state index in [-0.39, 0.29) is 0 Å². The molecule has 2 aromatic carbocycles. The van der Waals surface area contributed by atoms with Crippen LogP contribution in [0.25, 0.3) is 0 Å². The van der Waals surface area contributed by atoms with Gasteiger partial charge in [0, 0.05) is 22.9 Å². The number of benzene rings is 2. The molecule has 0 radical (unpaired) electrons. The van der Waals surface area contributed by atoms with Crippen LogP contribution in [0.5, 0.6) is 0 Å². The van der Waals surface area contributed by atoms with Crippen LogP contribution >= 0.6 is 27.5 Å². The molecule has 0 aliphatic carbocycles. The van der Waals surface area contributed by atoms with Crippen LogP contribution in [0.4, 0.5) is 0 Å². The average Bonchev–Trinajstić information content (AvgIpc) is 2.44. The molecule has 3 heteroatoms. The molecule has 0 saturated heterocycles. The van der Waals surface area contributed by atoms with E-state index in [0.29, 0.717) is 11.9 Å². The molecule has 0 fully saturated rings. The smallest absolute Gasteiger partial charge is 0.0380 e. The number of hydrogen-bond acceptors (Lipinski definition) is 1. The molecule has 2 rings (SSSR count). The molecule has 0 spiro atoms. The molecule has 0 heterocycles. The van der Waals surface area contributed by atoms with Crippen molar-refractivity contribution in [3.63, 3.8) is 0 Å². The summed E-state index contributed by atoms with van der Waals surface area (Å²) < 4.78 is 1.11.